The van der Waals surface area contributed by atoms with Crippen LogP contribution in [0.1, 0.15) is 37.1 Å². The quantitative estimate of drug-likeness (QED) is 0.363. The Morgan fingerprint density at radius 2 is 1.96 bits per heavy atom. The predicted molar refractivity (Wildman–Crippen MR) is 88.8 cm³/mol. The molecule has 1 heterocycles. The third-order valence-corrected chi connectivity index (χ3v) is 4.08. The van der Waals surface area contributed by atoms with Gasteiger partial charge in [-0.25, -0.2) is 5.48 Å². The average molecular weight is 333 g/mol. The van der Waals surface area contributed by atoms with Gasteiger partial charge in [-0.15, -0.1) is 0 Å². The fraction of sp³-hybridized carbons (Fsp3) is 0.412. The molecular formula is C17H23N3O4. The Balaban J connectivity index is 2.05. The van der Waals surface area contributed by atoms with Crippen LogP contribution in [-0.4, -0.2) is 46.2 Å². The molecule has 7 heteroatoms. The molecule has 1 aromatic rings. The summed E-state index contributed by atoms with van der Waals surface area (Å²) in [5, 5.41) is 22.1. The van der Waals surface area contributed by atoms with Gasteiger partial charge in [0.25, 0.3) is 5.91 Å². The monoisotopic (exact) mass is 333 g/mol. The maximum absolute atomic E-state index is 11.1. The number of carbonyl (C=O) groups is 2. The summed E-state index contributed by atoms with van der Waals surface area (Å²) in [6, 6.07) is 7.39. The SMILES string of the molecule is CC(=O)NC1CCN(C(O)c2ccccc2/C=C/C(=O)NO)CC1. The number of piperidine rings is 1. The highest BCUT2D eigenvalue weighted by molar-refractivity contribution is 5.91. The molecule has 0 aromatic heterocycles. The molecule has 1 unspecified atom stereocenters. The molecule has 1 saturated heterocycles. The van der Waals surface area contributed by atoms with Crippen molar-refractivity contribution in [2.45, 2.75) is 32.0 Å². The second-order valence-corrected chi connectivity index (χ2v) is 5.82. The van der Waals surface area contributed by atoms with E-state index in [2.05, 4.69) is 5.32 Å². The molecule has 4 N–H and O–H groups in total. The number of hydrogen-bond donors (Lipinski definition) is 4. The van der Waals surface area contributed by atoms with Crippen molar-refractivity contribution >= 4 is 17.9 Å². The van der Waals surface area contributed by atoms with Crippen LogP contribution in [0.2, 0.25) is 0 Å². The Bertz CT molecular complexity index is 610. The van der Waals surface area contributed by atoms with Crippen LogP contribution in [-0.2, 0) is 9.59 Å². The summed E-state index contributed by atoms with van der Waals surface area (Å²) >= 11 is 0. The fourth-order valence-corrected chi connectivity index (χ4v) is 2.87. The molecule has 1 aromatic carbocycles. The van der Waals surface area contributed by atoms with Crippen LogP contribution in [0.15, 0.2) is 30.3 Å². The van der Waals surface area contributed by atoms with Gasteiger partial charge in [-0.1, -0.05) is 24.3 Å². The topological polar surface area (TPSA) is 102 Å². The summed E-state index contributed by atoms with van der Waals surface area (Å²) in [6.07, 6.45) is 3.52. The second kappa shape index (κ2) is 8.58. The minimum absolute atomic E-state index is 0.0355. The van der Waals surface area contributed by atoms with Crippen molar-refractivity contribution in [3.05, 3.63) is 41.5 Å². The Hall–Kier alpha value is -2.22. The molecule has 24 heavy (non-hydrogen) atoms. The van der Waals surface area contributed by atoms with Gasteiger partial charge in [0.1, 0.15) is 6.23 Å². The largest absolute Gasteiger partial charge is 0.374 e. The molecule has 2 amide bonds. The van der Waals surface area contributed by atoms with Crippen LogP contribution in [0, 0.1) is 0 Å². The first-order valence-corrected chi connectivity index (χ1v) is 7.91. The zero-order valence-electron chi connectivity index (χ0n) is 13.6. The number of aliphatic hydroxyl groups excluding tert-OH is 1. The molecule has 130 valence electrons. The van der Waals surface area contributed by atoms with Crippen LogP contribution in [0.4, 0.5) is 0 Å². The molecule has 0 spiro atoms. The highest BCUT2D eigenvalue weighted by Gasteiger charge is 2.25. The van der Waals surface area contributed by atoms with Crippen molar-refractivity contribution in [3.63, 3.8) is 0 Å². The van der Waals surface area contributed by atoms with E-state index in [0.29, 0.717) is 24.2 Å². The van der Waals surface area contributed by atoms with E-state index in [4.69, 9.17) is 5.21 Å². The van der Waals surface area contributed by atoms with E-state index in [0.717, 1.165) is 12.8 Å². The molecule has 0 saturated carbocycles. The Morgan fingerprint density at radius 3 is 2.58 bits per heavy atom. The number of carbonyl (C=O) groups excluding carboxylic acids is 2. The molecule has 1 aliphatic heterocycles. The number of aliphatic hydroxyl groups is 1. The van der Waals surface area contributed by atoms with Gasteiger partial charge in [-0.05, 0) is 24.5 Å². The normalized spacial score (nSPS) is 17.6. The van der Waals surface area contributed by atoms with E-state index in [1.807, 2.05) is 17.0 Å². The maximum Gasteiger partial charge on any atom is 0.267 e. The summed E-state index contributed by atoms with van der Waals surface area (Å²) in [4.78, 5) is 24.2. The van der Waals surface area contributed by atoms with Gasteiger partial charge < -0.3 is 10.4 Å². The summed E-state index contributed by atoms with van der Waals surface area (Å²) in [5.41, 5.74) is 2.93. The molecule has 0 bridgehead atoms. The Kier molecular flexibility index (Phi) is 6.48. The number of hydrogen-bond acceptors (Lipinski definition) is 5. The predicted octanol–water partition coefficient (Wildman–Crippen LogP) is 0.797. The van der Waals surface area contributed by atoms with Crippen molar-refractivity contribution in [2.75, 3.05) is 13.1 Å². The molecule has 2 rings (SSSR count). The fourth-order valence-electron chi connectivity index (χ4n) is 2.87. The minimum Gasteiger partial charge on any atom is -0.374 e. The number of rotatable bonds is 5. The summed E-state index contributed by atoms with van der Waals surface area (Å²) in [7, 11) is 0. The Labute approximate surface area is 140 Å². The number of nitrogens with zero attached hydrogens (tertiary/aromatic N) is 1. The number of nitrogens with one attached hydrogen (secondary N) is 2. The van der Waals surface area contributed by atoms with Gasteiger partial charge in [-0.2, -0.15) is 0 Å². The number of likely N-dealkylation sites (tertiary alicyclic amines) is 1. The molecular weight excluding hydrogens is 310 g/mol. The summed E-state index contributed by atoms with van der Waals surface area (Å²) in [6.45, 7) is 2.84. The standard InChI is InChI=1S/C17H23N3O4/c1-12(21)18-14-8-10-20(11-9-14)17(23)15-5-3-2-4-13(15)6-7-16(22)19-24/h2-7,14,17,23-24H,8-11H2,1H3,(H,18,21)(H,19,22)/b7-6+. The van der Waals surface area contributed by atoms with Crippen molar-refractivity contribution in [2.24, 2.45) is 0 Å². The first-order valence-electron chi connectivity index (χ1n) is 7.91. The Morgan fingerprint density at radius 1 is 1.29 bits per heavy atom. The lowest BCUT2D eigenvalue weighted by Crippen LogP contribution is -2.45. The number of hydroxylamine groups is 1. The second-order valence-electron chi connectivity index (χ2n) is 5.82. The van der Waals surface area contributed by atoms with Crippen molar-refractivity contribution < 1.29 is 19.9 Å². The third-order valence-electron chi connectivity index (χ3n) is 4.08. The average Bonchev–Trinajstić information content (AvgIpc) is 2.59. The molecule has 1 aliphatic rings. The third kappa shape index (κ3) is 4.89. The molecule has 1 atom stereocenters. The van der Waals surface area contributed by atoms with Crippen LogP contribution in [0.5, 0.6) is 0 Å². The lowest BCUT2D eigenvalue weighted by Gasteiger charge is -2.35. The van der Waals surface area contributed by atoms with Crippen molar-refractivity contribution in [3.8, 4) is 0 Å². The summed E-state index contributed by atoms with van der Waals surface area (Å²) in [5.74, 6) is -0.665. The van der Waals surface area contributed by atoms with Gasteiger partial charge in [0.2, 0.25) is 5.91 Å². The number of amides is 2. The molecule has 1 fully saturated rings. The van der Waals surface area contributed by atoms with E-state index in [1.165, 1.54) is 18.5 Å². The minimum atomic E-state index is -0.790. The number of benzene rings is 1. The molecule has 7 nitrogen and oxygen atoms in total. The van der Waals surface area contributed by atoms with Crippen LogP contribution in [0.25, 0.3) is 6.08 Å². The van der Waals surface area contributed by atoms with Gasteiger partial charge in [0.05, 0.1) is 0 Å². The smallest absolute Gasteiger partial charge is 0.267 e. The van der Waals surface area contributed by atoms with Gasteiger partial charge >= 0.3 is 0 Å². The lowest BCUT2D eigenvalue weighted by atomic mass is 10.0. The van der Waals surface area contributed by atoms with Gasteiger partial charge in [0, 0.05) is 37.7 Å². The van der Waals surface area contributed by atoms with Crippen LogP contribution >= 0.6 is 0 Å². The first kappa shape index (κ1) is 18.1. The molecule has 0 aliphatic carbocycles. The molecule has 0 radical (unpaired) electrons. The summed E-state index contributed by atoms with van der Waals surface area (Å²) < 4.78 is 0. The van der Waals surface area contributed by atoms with Crippen molar-refractivity contribution in [1.29, 1.82) is 0 Å². The highest BCUT2D eigenvalue weighted by Crippen LogP contribution is 2.25. The van der Waals surface area contributed by atoms with Gasteiger partial charge in [0.15, 0.2) is 0 Å². The van der Waals surface area contributed by atoms with E-state index >= 15 is 0 Å². The van der Waals surface area contributed by atoms with Gasteiger partial charge in [-0.3, -0.25) is 19.7 Å². The van der Waals surface area contributed by atoms with Crippen LogP contribution < -0.4 is 10.8 Å². The highest BCUT2D eigenvalue weighted by atomic mass is 16.5. The lowest BCUT2D eigenvalue weighted by molar-refractivity contribution is -0.124. The van der Waals surface area contributed by atoms with Crippen LogP contribution in [0.3, 0.4) is 0 Å². The zero-order chi connectivity index (χ0) is 17.5. The van der Waals surface area contributed by atoms with E-state index in [1.54, 1.807) is 18.2 Å². The van der Waals surface area contributed by atoms with E-state index < -0.39 is 12.1 Å². The zero-order valence-corrected chi connectivity index (χ0v) is 13.6. The van der Waals surface area contributed by atoms with E-state index in [-0.39, 0.29) is 11.9 Å². The van der Waals surface area contributed by atoms with Crippen molar-refractivity contribution in [1.82, 2.24) is 15.7 Å². The maximum atomic E-state index is 11.1. The van der Waals surface area contributed by atoms with E-state index in [9.17, 15) is 14.7 Å². The first-order chi connectivity index (χ1) is 11.5.